The minimum atomic E-state index is 0.724. The van der Waals surface area contributed by atoms with Crippen molar-refractivity contribution in [2.75, 3.05) is 17.2 Å². The maximum Gasteiger partial charge on any atom is 0.0370 e. The van der Waals surface area contributed by atoms with E-state index in [4.69, 9.17) is 5.73 Å². The highest BCUT2D eigenvalue weighted by atomic mass is 15.2. The van der Waals surface area contributed by atoms with E-state index >= 15 is 0 Å². The molecule has 2 N–H and O–H groups in total. The maximum atomic E-state index is 5.70. The van der Waals surface area contributed by atoms with Gasteiger partial charge in [-0.25, -0.2) is 0 Å². The molecule has 0 radical (unpaired) electrons. The normalized spacial score (nSPS) is 21.7. The van der Waals surface area contributed by atoms with E-state index in [1.165, 1.54) is 37.9 Å². The fourth-order valence-electron chi connectivity index (χ4n) is 2.43. The summed E-state index contributed by atoms with van der Waals surface area (Å²) < 4.78 is 0. The number of benzene rings is 1. The highest BCUT2D eigenvalue weighted by Gasteiger charge is 2.20. The van der Waals surface area contributed by atoms with Gasteiger partial charge in [-0.05, 0) is 49.9 Å². The number of nitrogens with two attached hydrogens (primary N) is 1. The second-order valence-corrected chi connectivity index (χ2v) is 4.34. The van der Waals surface area contributed by atoms with Gasteiger partial charge < -0.3 is 10.6 Å². The molecule has 1 aliphatic heterocycles. The first-order valence-electron chi connectivity index (χ1n) is 5.93. The van der Waals surface area contributed by atoms with Crippen LogP contribution in [0.1, 0.15) is 32.6 Å². The molecule has 1 unspecified atom stereocenters. The molecule has 0 bridgehead atoms. The Morgan fingerprint density at radius 2 is 2.00 bits per heavy atom. The molecule has 2 heteroatoms. The zero-order valence-electron chi connectivity index (χ0n) is 9.45. The third kappa shape index (κ3) is 2.25. The van der Waals surface area contributed by atoms with Gasteiger partial charge in [0.25, 0.3) is 0 Å². The maximum absolute atomic E-state index is 5.70. The fraction of sp³-hybridized carbons (Fsp3) is 0.538. The minimum Gasteiger partial charge on any atom is -0.399 e. The predicted octanol–water partition coefficient (Wildman–Crippen LogP) is 3.04. The van der Waals surface area contributed by atoms with Crippen molar-refractivity contribution in [2.45, 2.75) is 38.6 Å². The van der Waals surface area contributed by atoms with Crippen molar-refractivity contribution in [3.63, 3.8) is 0 Å². The molecule has 0 spiro atoms. The molecular formula is C13H20N2. The summed E-state index contributed by atoms with van der Waals surface area (Å²) >= 11 is 0. The number of piperidine rings is 1. The molecule has 1 aliphatic rings. The van der Waals surface area contributed by atoms with E-state index in [1.807, 2.05) is 12.1 Å². The van der Waals surface area contributed by atoms with Crippen LogP contribution in [0.4, 0.5) is 11.4 Å². The Morgan fingerprint density at radius 1 is 1.27 bits per heavy atom. The molecule has 0 saturated carbocycles. The SMILES string of the molecule is CCC1CCCCN1c1ccc(N)cc1. The van der Waals surface area contributed by atoms with Crippen LogP contribution in [0.5, 0.6) is 0 Å². The van der Waals surface area contributed by atoms with Crippen molar-refractivity contribution >= 4 is 11.4 Å². The first kappa shape index (κ1) is 10.3. The Bertz CT molecular complexity index is 305. The molecule has 2 nitrogen and oxygen atoms in total. The summed E-state index contributed by atoms with van der Waals surface area (Å²) in [5.74, 6) is 0. The van der Waals surface area contributed by atoms with Gasteiger partial charge in [0, 0.05) is 24.0 Å². The first-order valence-corrected chi connectivity index (χ1v) is 5.93. The fourth-order valence-corrected chi connectivity index (χ4v) is 2.43. The molecule has 1 atom stereocenters. The van der Waals surface area contributed by atoms with E-state index in [2.05, 4.69) is 24.0 Å². The van der Waals surface area contributed by atoms with Gasteiger partial charge >= 0.3 is 0 Å². The van der Waals surface area contributed by atoms with Crippen molar-refractivity contribution in [3.05, 3.63) is 24.3 Å². The summed E-state index contributed by atoms with van der Waals surface area (Å²) in [5.41, 5.74) is 7.88. The Labute approximate surface area is 92.1 Å². The van der Waals surface area contributed by atoms with Crippen LogP contribution in [0.15, 0.2) is 24.3 Å². The van der Waals surface area contributed by atoms with E-state index < -0.39 is 0 Å². The van der Waals surface area contributed by atoms with Gasteiger partial charge in [0.15, 0.2) is 0 Å². The average molecular weight is 204 g/mol. The lowest BCUT2D eigenvalue weighted by Gasteiger charge is -2.37. The smallest absolute Gasteiger partial charge is 0.0370 e. The average Bonchev–Trinajstić information content (AvgIpc) is 2.30. The monoisotopic (exact) mass is 204 g/mol. The Hall–Kier alpha value is -1.18. The molecule has 1 fully saturated rings. The number of nitrogens with zero attached hydrogens (tertiary/aromatic N) is 1. The van der Waals surface area contributed by atoms with Crippen LogP contribution in [0.25, 0.3) is 0 Å². The van der Waals surface area contributed by atoms with E-state index in [0.717, 1.165) is 11.7 Å². The molecule has 0 aliphatic carbocycles. The number of rotatable bonds is 2. The third-order valence-electron chi connectivity index (χ3n) is 3.32. The molecule has 1 aromatic carbocycles. The van der Waals surface area contributed by atoms with Crippen LogP contribution in [-0.2, 0) is 0 Å². The van der Waals surface area contributed by atoms with E-state index in [1.54, 1.807) is 0 Å². The van der Waals surface area contributed by atoms with Crippen LogP contribution in [0.3, 0.4) is 0 Å². The van der Waals surface area contributed by atoms with E-state index in [0.29, 0.717) is 0 Å². The molecule has 0 amide bonds. The molecule has 0 aromatic heterocycles. The van der Waals surface area contributed by atoms with Gasteiger partial charge in [-0.15, -0.1) is 0 Å². The lowest BCUT2D eigenvalue weighted by Crippen LogP contribution is -2.39. The minimum absolute atomic E-state index is 0.724. The number of nitrogen functional groups attached to an aromatic ring is 1. The zero-order chi connectivity index (χ0) is 10.7. The van der Waals surface area contributed by atoms with Crippen LogP contribution in [0.2, 0.25) is 0 Å². The zero-order valence-corrected chi connectivity index (χ0v) is 9.45. The Morgan fingerprint density at radius 3 is 2.67 bits per heavy atom. The largest absolute Gasteiger partial charge is 0.399 e. The standard InChI is InChI=1S/C13H20N2/c1-2-12-5-3-4-10-15(12)13-8-6-11(14)7-9-13/h6-9,12H,2-5,10,14H2,1H3. The highest BCUT2D eigenvalue weighted by molar-refractivity contribution is 5.53. The predicted molar refractivity (Wildman–Crippen MR) is 66.1 cm³/mol. The van der Waals surface area contributed by atoms with E-state index in [9.17, 15) is 0 Å². The molecule has 82 valence electrons. The molecular weight excluding hydrogens is 184 g/mol. The van der Waals surface area contributed by atoms with Crippen molar-refractivity contribution in [1.29, 1.82) is 0 Å². The summed E-state index contributed by atoms with van der Waals surface area (Å²) in [6.07, 6.45) is 5.27. The third-order valence-corrected chi connectivity index (χ3v) is 3.32. The van der Waals surface area contributed by atoms with Gasteiger partial charge in [0.05, 0.1) is 0 Å². The molecule has 1 saturated heterocycles. The van der Waals surface area contributed by atoms with E-state index in [-0.39, 0.29) is 0 Å². The summed E-state index contributed by atoms with van der Waals surface area (Å²) in [7, 11) is 0. The van der Waals surface area contributed by atoms with Crippen LogP contribution in [-0.4, -0.2) is 12.6 Å². The number of hydrogen-bond donors (Lipinski definition) is 1. The van der Waals surface area contributed by atoms with Gasteiger partial charge in [0.2, 0.25) is 0 Å². The topological polar surface area (TPSA) is 29.3 Å². The lowest BCUT2D eigenvalue weighted by molar-refractivity contribution is 0.450. The number of anilines is 2. The van der Waals surface area contributed by atoms with Gasteiger partial charge in [-0.2, -0.15) is 0 Å². The lowest BCUT2D eigenvalue weighted by atomic mass is 9.99. The van der Waals surface area contributed by atoms with Crippen LogP contribution < -0.4 is 10.6 Å². The van der Waals surface area contributed by atoms with Crippen molar-refractivity contribution in [2.24, 2.45) is 0 Å². The number of hydrogen-bond acceptors (Lipinski definition) is 2. The van der Waals surface area contributed by atoms with Crippen molar-refractivity contribution in [1.82, 2.24) is 0 Å². The van der Waals surface area contributed by atoms with Crippen LogP contribution in [0, 0.1) is 0 Å². The van der Waals surface area contributed by atoms with Crippen molar-refractivity contribution < 1.29 is 0 Å². The van der Waals surface area contributed by atoms with Crippen LogP contribution >= 0.6 is 0 Å². The highest BCUT2D eigenvalue weighted by Crippen LogP contribution is 2.26. The summed E-state index contributed by atoms with van der Waals surface area (Å²) in [5, 5.41) is 0. The summed E-state index contributed by atoms with van der Waals surface area (Å²) in [6.45, 7) is 3.47. The molecule has 15 heavy (non-hydrogen) atoms. The second kappa shape index (κ2) is 4.56. The molecule has 2 rings (SSSR count). The second-order valence-electron chi connectivity index (χ2n) is 4.34. The Kier molecular flexibility index (Phi) is 3.14. The van der Waals surface area contributed by atoms with Gasteiger partial charge in [-0.3, -0.25) is 0 Å². The molecule has 1 heterocycles. The van der Waals surface area contributed by atoms with Gasteiger partial charge in [0.1, 0.15) is 0 Å². The Balaban J connectivity index is 2.16. The van der Waals surface area contributed by atoms with Crippen molar-refractivity contribution in [3.8, 4) is 0 Å². The quantitative estimate of drug-likeness (QED) is 0.750. The summed E-state index contributed by atoms with van der Waals surface area (Å²) in [6, 6.07) is 9.00. The molecule has 1 aromatic rings. The van der Waals surface area contributed by atoms with Gasteiger partial charge in [-0.1, -0.05) is 6.92 Å². The summed E-state index contributed by atoms with van der Waals surface area (Å²) in [4.78, 5) is 2.53. The first-order chi connectivity index (χ1) is 7.31.